The van der Waals surface area contributed by atoms with E-state index >= 15 is 0 Å². The van der Waals surface area contributed by atoms with E-state index in [1.165, 1.54) is 25.7 Å². The minimum absolute atomic E-state index is 0.0918. The molecule has 112 valence electrons. The molecule has 0 aromatic carbocycles. The van der Waals surface area contributed by atoms with Crippen molar-refractivity contribution in [1.82, 2.24) is 5.32 Å². The number of ether oxygens (including phenoxy) is 1. The Labute approximate surface area is 121 Å². The number of alkyl carbamates (subject to hydrolysis) is 1. The summed E-state index contributed by atoms with van der Waals surface area (Å²) in [5.41, 5.74) is -0.538. The zero-order valence-corrected chi connectivity index (χ0v) is 12.8. The highest BCUT2D eigenvalue weighted by molar-refractivity contribution is 5.75. The van der Waals surface area contributed by atoms with Crippen LogP contribution in [0.15, 0.2) is 17.1 Å². The highest BCUT2D eigenvalue weighted by Gasteiger charge is 2.38. The van der Waals surface area contributed by atoms with Gasteiger partial charge in [-0.25, -0.2) is 4.79 Å². The zero-order valence-electron chi connectivity index (χ0n) is 12.8. The average Bonchev–Trinajstić information content (AvgIpc) is 2.97. The van der Waals surface area contributed by atoms with E-state index < -0.39 is 5.60 Å². The number of amides is 1. The van der Waals surface area contributed by atoms with Crippen LogP contribution in [0.2, 0.25) is 0 Å². The first kappa shape index (κ1) is 15.1. The molecule has 2 rings (SSSR count). The lowest BCUT2D eigenvalue weighted by molar-refractivity contribution is 0.0524. The van der Waals surface area contributed by atoms with Crippen LogP contribution in [0.4, 0.5) is 4.79 Å². The number of hydrogen-bond donors (Lipinski definition) is 1. The maximum atomic E-state index is 11.7. The summed E-state index contributed by atoms with van der Waals surface area (Å²) in [5, 5.41) is 2.85. The van der Waals surface area contributed by atoms with Gasteiger partial charge in [0.15, 0.2) is 0 Å². The number of carbonyl (C=O) groups is 1. The molecule has 20 heavy (non-hydrogen) atoms. The van der Waals surface area contributed by atoms with Crippen LogP contribution in [0.1, 0.15) is 52.9 Å². The average molecular weight is 278 g/mol. The fourth-order valence-electron chi connectivity index (χ4n) is 3.13. The van der Waals surface area contributed by atoms with Gasteiger partial charge in [-0.2, -0.15) is 0 Å². The molecule has 1 saturated carbocycles. The molecule has 0 spiro atoms. The molecule has 4 heteroatoms. The summed E-state index contributed by atoms with van der Waals surface area (Å²) in [7, 11) is 0. The van der Waals surface area contributed by atoms with Crippen molar-refractivity contribution >= 4 is 12.3 Å². The van der Waals surface area contributed by atoms with Crippen LogP contribution in [-0.4, -0.2) is 30.0 Å². The maximum absolute atomic E-state index is 11.7. The van der Waals surface area contributed by atoms with E-state index in [9.17, 15) is 4.79 Å². The second kappa shape index (κ2) is 5.98. The van der Waals surface area contributed by atoms with Crippen molar-refractivity contribution in [2.24, 2.45) is 10.9 Å². The highest BCUT2D eigenvalue weighted by Crippen LogP contribution is 2.40. The topological polar surface area (TPSA) is 50.7 Å². The molecule has 1 amide bonds. The highest BCUT2D eigenvalue weighted by atomic mass is 16.6. The first-order valence-corrected chi connectivity index (χ1v) is 7.61. The third-order valence-electron chi connectivity index (χ3n) is 4.04. The normalized spacial score (nSPS) is 26.1. The maximum Gasteiger partial charge on any atom is 0.407 e. The van der Waals surface area contributed by atoms with Gasteiger partial charge in [-0.3, -0.25) is 4.99 Å². The quantitative estimate of drug-likeness (QED) is 0.856. The second-order valence-corrected chi connectivity index (χ2v) is 6.79. The van der Waals surface area contributed by atoms with E-state index in [1.54, 1.807) is 0 Å². The Morgan fingerprint density at radius 1 is 1.40 bits per heavy atom. The molecule has 0 aromatic heterocycles. The molecular formula is C16H26N2O2. The van der Waals surface area contributed by atoms with Crippen molar-refractivity contribution in [3.8, 4) is 0 Å². The van der Waals surface area contributed by atoms with Crippen LogP contribution >= 0.6 is 0 Å². The molecule has 1 atom stereocenters. The molecule has 1 unspecified atom stereocenters. The second-order valence-electron chi connectivity index (χ2n) is 6.79. The van der Waals surface area contributed by atoms with Gasteiger partial charge in [-0.05, 0) is 52.0 Å². The third-order valence-corrected chi connectivity index (χ3v) is 4.04. The summed E-state index contributed by atoms with van der Waals surface area (Å²) in [4.78, 5) is 16.4. The zero-order chi connectivity index (χ0) is 14.6. The Hall–Kier alpha value is -1.32. The smallest absolute Gasteiger partial charge is 0.407 e. The van der Waals surface area contributed by atoms with Crippen LogP contribution in [0.3, 0.4) is 0 Å². The third kappa shape index (κ3) is 3.84. The van der Waals surface area contributed by atoms with Crippen molar-refractivity contribution in [2.75, 3.05) is 6.54 Å². The van der Waals surface area contributed by atoms with Crippen molar-refractivity contribution in [3.05, 3.63) is 12.2 Å². The number of rotatable bonds is 4. The predicted molar refractivity (Wildman–Crippen MR) is 81.2 cm³/mol. The number of hydrogen-bond acceptors (Lipinski definition) is 3. The first-order valence-electron chi connectivity index (χ1n) is 7.61. The van der Waals surface area contributed by atoms with Crippen LogP contribution in [0.5, 0.6) is 0 Å². The Bertz CT molecular complexity index is 389. The fraction of sp³-hybridized carbons (Fsp3) is 0.750. The molecule has 1 aliphatic heterocycles. The van der Waals surface area contributed by atoms with E-state index in [2.05, 4.69) is 11.4 Å². The van der Waals surface area contributed by atoms with E-state index in [1.807, 2.05) is 33.1 Å². The number of carbonyl (C=O) groups excluding carboxylic acids is 1. The first-order chi connectivity index (χ1) is 9.41. The van der Waals surface area contributed by atoms with Gasteiger partial charge in [0, 0.05) is 12.8 Å². The molecule has 0 saturated heterocycles. The number of nitrogens with zero attached hydrogens (tertiary/aromatic N) is 1. The van der Waals surface area contributed by atoms with Crippen molar-refractivity contribution in [3.63, 3.8) is 0 Å². The molecule has 1 aliphatic carbocycles. The van der Waals surface area contributed by atoms with Gasteiger partial charge in [0.05, 0.1) is 5.54 Å². The molecule has 1 fully saturated rings. The lowest BCUT2D eigenvalue weighted by Crippen LogP contribution is -2.38. The molecule has 1 N–H and O–H groups in total. The number of aliphatic imine (C=N–C) groups is 1. The van der Waals surface area contributed by atoms with E-state index in [0.29, 0.717) is 12.5 Å². The standard InChI is InChI=1S/C16H26N2O2/c1-15(2,3)20-14(19)17-12-10-16(9-6-11-18-16)13-7-4-5-8-13/h6,9,11,13H,4-5,7-8,10,12H2,1-3H3,(H,17,19). The predicted octanol–water partition coefficient (Wildman–Crippen LogP) is 3.47. The van der Waals surface area contributed by atoms with Crippen molar-refractivity contribution in [2.45, 2.75) is 64.0 Å². The van der Waals surface area contributed by atoms with Crippen LogP contribution in [-0.2, 0) is 4.74 Å². The Kier molecular flexibility index (Phi) is 4.51. The summed E-state index contributed by atoms with van der Waals surface area (Å²) < 4.78 is 5.25. The van der Waals surface area contributed by atoms with Gasteiger partial charge < -0.3 is 10.1 Å². The summed E-state index contributed by atoms with van der Waals surface area (Å²) in [6.45, 7) is 6.22. The minimum Gasteiger partial charge on any atom is -0.444 e. The van der Waals surface area contributed by atoms with Gasteiger partial charge in [0.2, 0.25) is 0 Å². The molecule has 0 aromatic rings. The minimum atomic E-state index is -0.446. The lowest BCUT2D eigenvalue weighted by atomic mass is 9.81. The molecule has 0 radical (unpaired) electrons. The largest absolute Gasteiger partial charge is 0.444 e. The van der Waals surface area contributed by atoms with Crippen LogP contribution < -0.4 is 5.32 Å². The van der Waals surface area contributed by atoms with Gasteiger partial charge in [0.25, 0.3) is 0 Å². The van der Waals surface area contributed by atoms with Gasteiger partial charge in [-0.1, -0.05) is 18.9 Å². The van der Waals surface area contributed by atoms with Gasteiger partial charge >= 0.3 is 6.09 Å². The monoisotopic (exact) mass is 278 g/mol. The summed E-state index contributed by atoms with van der Waals surface area (Å²) >= 11 is 0. The lowest BCUT2D eigenvalue weighted by Gasteiger charge is -2.31. The fourth-order valence-corrected chi connectivity index (χ4v) is 3.13. The van der Waals surface area contributed by atoms with Crippen LogP contribution in [0, 0.1) is 5.92 Å². The van der Waals surface area contributed by atoms with E-state index in [-0.39, 0.29) is 11.6 Å². The SMILES string of the molecule is CC(C)(C)OC(=O)NCCC1(C2CCCC2)C=CC=N1. The van der Waals surface area contributed by atoms with E-state index in [0.717, 1.165) is 6.42 Å². The molecule has 1 heterocycles. The van der Waals surface area contributed by atoms with Crippen molar-refractivity contribution < 1.29 is 9.53 Å². The Balaban J connectivity index is 1.83. The van der Waals surface area contributed by atoms with Gasteiger partial charge in [0.1, 0.15) is 5.60 Å². The summed E-state index contributed by atoms with van der Waals surface area (Å²) in [6, 6.07) is 0. The Morgan fingerprint density at radius 3 is 2.65 bits per heavy atom. The molecule has 4 nitrogen and oxygen atoms in total. The molecular weight excluding hydrogens is 252 g/mol. The number of allylic oxidation sites excluding steroid dienone is 1. The summed E-state index contributed by atoms with van der Waals surface area (Å²) in [6.07, 6.45) is 11.7. The van der Waals surface area contributed by atoms with Crippen molar-refractivity contribution in [1.29, 1.82) is 0 Å². The summed E-state index contributed by atoms with van der Waals surface area (Å²) in [5.74, 6) is 0.623. The molecule has 2 aliphatic rings. The van der Waals surface area contributed by atoms with Gasteiger partial charge in [-0.15, -0.1) is 0 Å². The van der Waals surface area contributed by atoms with E-state index in [4.69, 9.17) is 9.73 Å². The molecule has 0 bridgehead atoms. The number of nitrogens with one attached hydrogen (secondary N) is 1. The Morgan fingerprint density at radius 2 is 2.10 bits per heavy atom. The van der Waals surface area contributed by atoms with Crippen LogP contribution in [0.25, 0.3) is 0 Å².